The van der Waals surface area contributed by atoms with Crippen molar-refractivity contribution in [1.29, 1.82) is 0 Å². The molecule has 0 spiro atoms. The maximum Gasteiger partial charge on any atom is 0.325 e. The van der Waals surface area contributed by atoms with Crippen LogP contribution in [0.5, 0.6) is 5.75 Å². The molecule has 6 rings (SSSR count). The summed E-state index contributed by atoms with van der Waals surface area (Å²) in [6, 6.07) is 9.96. The quantitative estimate of drug-likeness (QED) is 0.195. The van der Waals surface area contributed by atoms with Crippen molar-refractivity contribution in [3.05, 3.63) is 59.2 Å². The van der Waals surface area contributed by atoms with Crippen LogP contribution in [0.2, 0.25) is 0 Å². The first-order chi connectivity index (χ1) is 23.2. The van der Waals surface area contributed by atoms with E-state index in [1.54, 1.807) is 31.2 Å². The number of esters is 1. The van der Waals surface area contributed by atoms with Gasteiger partial charge in [0.15, 0.2) is 0 Å². The molecule has 2 bridgehead atoms. The van der Waals surface area contributed by atoms with E-state index in [-0.39, 0.29) is 43.0 Å². The average Bonchev–Trinajstić information content (AvgIpc) is 3.45. The summed E-state index contributed by atoms with van der Waals surface area (Å²) in [7, 11) is 6.54. The standard InChI is InChI=1S/C37H50N4O8/c1-20-28-15-25(37(28,3)4)16-29(20)39-36(46)33-32(21(2)43)30(19-42)49-41(33)18-22-10-9-11-27(34(22)48-8)23-12-24(14-26(13-23)40(5)6)35(45)38-17-31(44)47-7/h9-14,16,20-21,28-30,32-33,42-43H,15,17-19H2,1-8H3,(H,38,45)(H,39,46)/t20-,21-,28-,29-,30-,32+,33-/m0/s1. The zero-order valence-corrected chi connectivity index (χ0v) is 29.6. The van der Waals surface area contributed by atoms with Crippen molar-refractivity contribution in [2.45, 2.75) is 65.0 Å². The Morgan fingerprint density at radius 3 is 2.49 bits per heavy atom. The van der Waals surface area contributed by atoms with Gasteiger partial charge in [-0.2, -0.15) is 5.06 Å². The molecular formula is C37H50N4O8. The van der Waals surface area contributed by atoms with Crippen LogP contribution in [0.1, 0.15) is 50.0 Å². The number of amides is 2. The molecule has 0 radical (unpaired) electrons. The van der Waals surface area contributed by atoms with Gasteiger partial charge < -0.3 is 35.2 Å². The summed E-state index contributed by atoms with van der Waals surface area (Å²) in [6.07, 6.45) is 1.51. The second kappa shape index (κ2) is 14.5. The van der Waals surface area contributed by atoms with E-state index < -0.39 is 36.0 Å². The smallest absolute Gasteiger partial charge is 0.325 e. The number of ether oxygens (including phenoxy) is 2. The molecule has 12 nitrogen and oxygen atoms in total. The van der Waals surface area contributed by atoms with E-state index in [2.05, 4.69) is 42.2 Å². The molecule has 49 heavy (non-hydrogen) atoms. The Morgan fingerprint density at radius 2 is 1.90 bits per heavy atom. The van der Waals surface area contributed by atoms with Gasteiger partial charge in [0.1, 0.15) is 24.4 Å². The van der Waals surface area contributed by atoms with Crippen molar-refractivity contribution >= 4 is 23.5 Å². The first-order valence-electron chi connectivity index (χ1n) is 16.8. The molecule has 4 N–H and O–H groups in total. The van der Waals surface area contributed by atoms with Crippen LogP contribution >= 0.6 is 0 Å². The molecule has 2 amide bonds. The number of hydrogen-bond acceptors (Lipinski definition) is 10. The average molecular weight is 679 g/mol. The van der Waals surface area contributed by atoms with Gasteiger partial charge in [0, 0.05) is 42.4 Å². The Labute approximate surface area is 288 Å². The Balaban J connectivity index is 1.46. The van der Waals surface area contributed by atoms with Crippen LogP contribution in [0, 0.1) is 23.2 Å². The molecular weight excluding hydrogens is 628 g/mol. The number of carbonyl (C=O) groups excluding carboxylic acids is 3. The number of methoxy groups -OCH3 is 2. The summed E-state index contributed by atoms with van der Waals surface area (Å²) >= 11 is 0. The number of nitrogens with one attached hydrogen (secondary N) is 2. The number of para-hydroxylation sites is 1. The fourth-order valence-electron chi connectivity index (χ4n) is 7.73. The molecule has 3 aliphatic carbocycles. The van der Waals surface area contributed by atoms with Crippen molar-refractivity contribution in [2.75, 3.05) is 46.4 Å². The lowest BCUT2D eigenvalue weighted by Crippen LogP contribution is -2.57. The molecule has 2 aromatic carbocycles. The molecule has 0 aromatic heterocycles. The Hall–Kier alpha value is -3.97. The minimum atomic E-state index is -0.932. The van der Waals surface area contributed by atoms with E-state index in [1.807, 2.05) is 43.3 Å². The largest absolute Gasteiger partial charge is 0.496 e. The lowest BCUT2D eigenvalue weighted by molar-refractivity contribution is -0.182. The van der Waals surface area contributed by atoms with E-state index in [0.717, 1.165) is 12.1 Å². The Bertz CT molecular complexity index is 1600. The highest BCUT2D eigenvalue weighted by atomic mass is 16.7. The number of aliphatic hydroxyl groups excluding tert-OH is 2. The van der Waals surface area contributed by atoms with Crippen molar-refractivity contribution in [3.63, 3.8) is 0 Å². The number of allylic oxidation sites excluding steroid dienone is 1. The van der Waals surface area contributed by atoms with Crippen molar-refractivity contribution in [1.82, 2.24) is 15.7 Å². The number of aliphatic hydroxyl groups is 2. The molecule has 2 fully saturated rings. The molecule has 2 aromatic rings. The molecule has 7 atom stereocenters. The number of fused-ring (bicyclic) bond motifs is 2. The summed E-state index contributed by atoms with van der Waals surface area (Å²) in [5.74, 6) is -0.721. The number of anilines is 1. The number of hydrogen-bond donors (Lipinski definition) is 4. The molecule has 12 heteroatoms. The summed E-state index contributed by atoms with van der Waals surface area (Å²) in [4.78, 5) is 46.9. The third kappa shape index (κ3) is 7.05. The van der Waals surface area contributed by atoms with Gasteiger partial charge in [0.25, 0.3) is 5.91 Å². The van der Waals surface area contributed by atoms with Crippen LogP contribution in [-0.4, -0.2) is 98.8 Å². The first-order valence-corrected chi connectivity index (χ1v) is 16.8. The number of rotatable bonds is 12. The van der Waals surface area contributed by atoms with Gasteiger partial charge >= 0.3 is 5.97 Å². The predicted molar refractivity (Wildman–Crippen MR) is 185 cm³/mol. The maximum absolute atomic E-state index is 14.1. The SMILES string of the molecule is COC(=O)CNC(=O)c1cc(-c2cccc(CN3O[C@@H](CO)[C@@H]([C@H](C)O)[C@H]3C(=O)N[C@H]3C=C4C[C@@H]([C@@H]3C)C4(C)C)c2OC)cc(N(C)C)c1. The Kier molecular flexibility index (Phi) is 10.7. The Morgan fingerprint density at radius 1 is 1.16 bits per heavy atom. The van der Waals surface area contributed by atoms with E-state index in [9.17, 15) is 24.6 Å². The monoisotopic (exact) mass is 678 g/mol. The third-order valence-electron chi connectivity index (χ3n) is 10.7. The van der Waals surface area contributed by atoms with Crippen LogP contribution in [0.25, 0.3) is 11.1 Å². The van der Waals surface area contributed by atoms with Crippen LogP contribution < -0.4 is 20.3 Å². The van der Waals surface area contributed by atoms with Gasteiger partial charge in [-0.05, 0) is 54.4 Å². The number of hydroxylamine groups is 2. The zero-order chi connectivity index (χ0) is 35.8. The summed E-state index contributed by atoms with van der Waals surface area (Å²) in [5, 5.41) is 28.5. The third-order valence-corrected chi connectivity index (χ3v) is 10.7. The van der Waals surface area contributed by atoms with Gasteiger partial charge in [-0.3, -0.25) is 19.2 Å². The maximum atomic E-state index is 14.1. The molecule has 1 aliphatic heterocycles. The second-order valence-corrected chi connectivity index (χ2v) is 14.2. The van der Waals surface area contributed by atoms with E-state index in [1.165, 1.54) is 12.7 Å². The number of carbonyl (C=O) groups is 3. The highest BCUT2D eigenvalue weighted by Crippen LogP contribution is 2.58. The van der Waals surface area contributed by atoms with Crippen LogP contribution in [-0.2, 0) is 25.7 Å². The van der Waals surface area contributed by atoms with Gasteiger partial charge in [-0.25, -0.2) is 0 Å². The summed E-state index contributed by atoms with van der Waals surface area (Å²) in [5.41, 5.74) is 4.67. The van der Waals surface area contributed by atoms with E-state index in [4.69, 9.17) is 9.57 Å². The van der Waals surface area contributed by atoms with Crippen LogP contribution in [0.15, 0.2) is 48.0 Å². The summed E-state index contributed by atoms with van der Waals surface area (Å²) in [6.45, 7) is 7.77. The molecule has 1 saturated heterocycles. The minimum Gasteiger partial charge on any atom is -0.496 e. The van der Waals surface area contributed by atoms with Crippen LogP contribution in [0.4, 0.5) is 5.69 Å². The number of nitrogens with zero attached hydrogens (tertiary/aromatic N) is 2. The van der Waals surface area contributed by atoms with Gasteiger partial charge in [-0.1, -0.05) is 50.6 Å². The molecule has 0 unspecified atom stereocenters. The summed E-state index contributed by atoms with van der Waals surface area (Å²) < 4.78 is 10.6. The van der Waals surface area contributed by atoms with Crippen molar-refractivity contribution in [3.8, 4) is 16.9 Å². The van der Waals surface area contributed by atoms with E-state index >= 15 is 0 Å². The molecule has 266 valence electrons. The normalized spacial score (nSPS) is 26.2. The lowest BCUT2D eigenvalue weighted by atomic mass is 9.50. The highest BCUT2D eigenvalue weighted by Gasteiger charge is 2.53. The number of benzene rings is 2. The second-order valence-electron chi connectivity index (χ2n) is 14.2. The highest BCUT2D eigenvalue weighted by molar-refractivity contribution is 5.98. The topological polar surface area (TPSA) is 150 Å². The lowest BCUT2D eigenvalue weighted by Gasteiger charge is -2.56. The van der Waals surface area contributed by atoms with Gasteiger partial charge in [0.05, 0.1) is 39.5 Å². The van der Waals surface area contributed by atoms with Crippen molar-refractivity contribution in [2.24, 2.45) is 23.2 Å². The fourth-order valence-corrected chi connectivity index (χ4v) is 7.73. The van der Waals surface area contributed by atoms with Crippen molar-refractivity contribution < 1.29 is 38.9 Å². The molecule has 1 heterocycles. The van der Waals surface area contributed by atoms with Gasteiger partial charge in [-0.15, -0.1) is 0 Å². The van der Waals surface area contributed by atoms with Gasteiger partial charge in [0.2, 0.25) is 5.91 Å². The van der Waals surface area contributed by atoms with Crippen LogP contribution in [0.3, 0.4) is 0 Å². The minimum absolute atomic E-state index is 0.117. The zero-order valence-electron chi connectivity index (χ0n) is 29.6. The molecule has 1 saturated carbocycles. The predicted octanol–water partition coefficient (Wildman–Crippen LogP) is 2.91. The molecule has 4 aliphatic rings. The fraction of sp³-hybridized carbons (Fsp3) is 0.541. The first kappa shape index (κ1) is 36.3. The van der Waals surface area contributed by atoms with E-state index in [0.29, 0.717) is 33.9 Å².